The van der Waals surface area contributed by atoms with Crippen molar-refractivity contribution in [2.45, 2.75) is 51.1 Å². The van der Waals surface area contributed by atoms with Gasteiger partial charge in [0.1, 0.15) is 0 Å². The number of hydrogen-bond donors (Lipinski definition) is 1. The maximum Gasteiger partial charge on any atom is 0.0931 e. The van der Waals surface area contributed by atoms with Crippen LogP contribution in [0.25, 0.3) is 0 Å². The summed E-state index contributed by atoms with van der Waals surface area (Å²) in [5.74, 6) is 0. The van der Waals surface area contributed by atoms with Gasteiger partial charge in [-0.25, -0.2) is 0 Å². The second-order valence-electron chi connectivity index (χ2n) is 4.49. The molecule has 1 aliphatic rings. The molecule has 1 fully saturated rings. The summed E-state index contributed by atoms with van der Waals surface area (Å²) >= 11 is 7.54. The molecule has 0 radical (unpaired) electrons. The Kier molecular flexibility index (Phi) is 4.06. The van der Waals surface area contributed by atoms with Crippen LogP contribution in [-0.2, 0) is 6.42 Å². The van der Waals surface area contributed by atoms with E-state index in [1.165, 1.54) is 31.2 Å². The van der Waals surface area contributed by atoms with Crippen molar-refractivity contribution in [3.8, 4) is 0 Å². The van der Waals surface area contributed by atoms with Crippen molar-refractivity contribution in [3.05, 3.63) is 21.3 Å². The van der Waals surface area contributed by atoms with Crippen LogP contribution in [-0.4, -0.2) is 12.1 Å². The molecule has 0 aliphatic carbocycles. The van der Waals surface area contributed by atoms with Crippen LogP contribution < -0.4 is 5.32 Å². The number of halogens is 1. The maximum atomic E-state index is 5.91. The molecule has 0 spiro atoms. The van der Waals surface area contributed by atoms with Crippen LogP contribution in [0.3, 0.4) is 0 Å². The van der Waals surface area contributed by atoms with Crippen LogP contribution in [0.1, 0.15) is 38.2 Å². The van der Waals surface area contributed by atoms with Crippen LogP contribution in [0, 0.1) is 0 Å². The third-order valence-electron chi connectivity index (χ3n) is 3.11. The fourth-order valence-corrected chi connectivity index (χ4v) is 3.23. The smallest absolute Gasteiger partial charge is 0.0931 e. The van der Waals surface area contributed by atoms with E-state index < -0.39 is 0 Å². The highest BCUT2D eigenvalue weighted by Crippen LogP contribution is 2.22. The Morgan fingerprint density at radius 2 is 2.40 bits per heavy atom. The van der Waals surface area contributed by atoms with Crippen LogP contribution in [0.5, 0.6) is 0 Å². The van der Waals surface area contributed by atoms with E-state index in [0.29, 0.717) is 12.1 Å². The third kappa shape index (κ3) is 3.47. The topological polar surface area (TPSA) is 12.0 Å². The number of thiophene rings is 1. The second-order valence-corrected chi connectivity index (χ2v) is 6.04. The molecule has 0 aromatic carbocycles. The van der Waals surface area contributed by atoms with Gasteiger partial charge in [0.05, 0.1) is 4.34 Å². The van der Waals surface area contributed by atoms with E-state index in [4.69, 9.17) is 11.6 Å². The Hall–Kier alpha value is -0.0500. The molecule has 1 aromatic heterocycles. The predicted molar refractivity (Wildman–Crippen MR) is 67.9 cm³/mol. The molecule has 2 unspecified atom stereocenters. The van der Waals surface area contributed by atoms with Crippen LogP contribution in [0.15, 0.2) is 11.4 Å². The zero-order valence-electron chi connectivity index (χ0n) is 9.13. The highest BCUT2D eigenvalue weighted by molar-refractivity contribution is 7.14. The Morgan fingerprint density at radius 3 is 3.07 bits per heavy atom. The lowest BCUT2D eigenvalue weighted by Gasteiger charge is -2.28. The molecule has 0 bridgehead atoms. The van der Waals surface area contributed by atoms with Gasteiger partial charge < -0.3 is 5.32 Å². The minimum Gasteiger partial charge on any atom is -0.311 e. The van der Waals surface area contributed by atoms with Gasteiger partial charge in [-0.2, -0.15) is 0 Å². The molecule has 2 heterocycles. The van der Waals surface area contributed by atoms with E-state index in [-0.39, 0.29) is 0 Å². The maximum absolute atomic E-state index is 5.91. The normalized spacial score (nSPS) is 26.8. The number of piperidine rings is 1. The summed E-state index contributed by atoms with van der Waals surface area (Å²) in [4.78, 5) is 0. The number of nitrogens with one attached hydrogen (secondary N) is 1. The molecular weight excluding hydrogens is 226 g/mol. The molecule has 0 saturated carbocycles. The molecular formula is C12H18ClNS. The first kappa shape index (κ1) is 11.4. The zero-order chi connectivity index (χ0) is 10.7. The van der Waals surface area contributed by atoms with E-state index in [0.717, 1.165) is 10.8 Å². The lowest BCUT2D eigenvalue weighted by Crippen LogP contribution is -2.40. The quantitative estimate of drug-likeness (QED) is 0.850. The van der Waals surface area contributed by atoms with Gasteiger partial charge in [-0.05, 0) is 49.6 Å². The van der Waals surface area contributed by atoms with Crippen molar-refractivity contribution < 1.29 is 0 Å². The fraction of sp³-hybridized carbons (Fsp3) is 0.667. The summed E-state index contributed by atoms with van der Waals surface area (Å²) in [5.41, 5.74) is 1.39. The van der Waals surface area contributed by atoms with Crippen molar-refractivity contribution in [1.29, 1.82) is 0 Å². The molecule has 0 amide bonds. The van der Waals surface area contributed by atoms with Gasteiger partial charge in [0, 0.05) is 12.1 Å². The minimum absolute atomic E-state index is 0.704. The first-order valence-electron chi connectivity index (χ1n) is 5.73. The predicted octanol–water partition coefficient (Wildman–Crippen LogP) is 3.86. The minimum atomic E-state index is 0.704. The molecule has 84 valence electrons. The Morgan fingerprint density at radius 1 is 1.53 bits per heavy atom. The summed E-state index contributed by atoms with van der Waals surface area (Å²) in [6.45, 7) is 2.29. The largest absolute Gasteiger partial charge is 0.311 e. The molecule has 1 N–H and O–H groups in total. The van der Waals surface area contributed by atoms with E-state index in [1.54, 1.807) is 11.3 Å². The Bertz CT molecular complexity index is 310. The fourth-order valence-electron chi connectivity index (χ4n) is 2.28. The van der Waals surface area contributed by atoms with Gasteiger partial charge in [-0.1, -0.05) is 18.0 Å². The summed E-state index contributed by atoms with van der Waals surface area (Å²) in [5, 5.41) is 5.84. The molecule has 2 atom stereocenters. The van der Waals surface area contributed by atoms with Gasteiger partial charge in [0.2, 0.25) is 0 Å². The highest BCUT2D eigenvalue weighted by Gasteiger charge is 2.17. The average Bonchev–Trinajstić information content (AvgIpc) is 2.62. The molecule has 1 aromatic rings. The summed E-state index contributed by atoms with van der Waals surface area (Å²) in [6.07, 6.45) is 6.46. The van der Waals surface area contributed by atoms with E-state index in [2.05, 4.69) is 23.7 Å². The number of rotatable bonds is 3. The molecule has 1 aliphatic heterocycles. The molecule has 1 saturated heterocycles. The van der Waals surface area contributed by atoms with E-state index >= 15 is 0 Å². The van der Waals surface area contributed by atoms with Gasteiger partial charge in [0.25, 0.3) is 0 Å². The van der Waals surface area contributed by atoms with Crippen LogP contribution in [0.4, 0.5) is 0 Å². The third-order valence-corrected chi connectivity index (χ3v) is 4.25. The molecule has 3 heteroatoms. The Balaban J connectivity index is 1.77. The first-order valence-corrected chi connectivity index (χ1v) is 6.99. The summed E-state index contributed by atoms with van der Waals surface area (Å²) in [7, 11) is 0. The molecule has 15 heavy (non-hydrogen) atoms. The van der Waals surface area contributed by atoms with Crippen LogP contribution >= 0.6 is 22.9 Å². The number of aryl methyl sites for hydroxylation is 1. The monoisotopic (exact) mass is 243 g/mol. The van der Waals surface area contributed by atoms with Crippen molar-refractivity contribution >= 4 is 22.9 Å². The van der Waals surface area contributed by atoms with Crippen molar-refractivity contribution in [1.82, 2.24) is 5.32 Å². The Labute approximate surface area is 101 Å². The first-order chi connectivity index (χ1) is 7.24. The standard InChI is InChI=1S/C12H18ClNS/c1-9-3-2-4-11(14-9)6-5-10-7-12(13)15-8-10/h7-9,11,14H,2-6H2,1H3. The SMILES string of the molecule is CC1CCCC(CCc2csc(Cl)c2)N1. The van der Waals surface area contributed by atoms with Gasteiger partial charge in [0.15, 0.2) is 0 Å². The lowest BCUT2D eigenvalue weighted by atomic mass is 9.95. The molecule has 1 nitrogen and oxygen atoms in total. The highest BCUT2D eigenvalue weighted by atomic mass is 35.5. The van der Waals surface area contributed by atoms with Gasteiger partial charge >= 0.3 is 0 Å². The van der Waals surface area contributed by atoms with Crippen LogP contribution in [0.2, 0.25) is 4.34 Å². The van der Waals surface area contributed by atoms with Crippen molar-refractivity contribution in [2.75, 3.05) is 0 Å². The lowest BCUT2D eigenvalue weighted by molar-refractivity contribution is 0.322. The van der Waals surface area contributed by atoms with E-state index in [9.17, 15) is 0 Å². The van der Waals surface area contributed by atoms with Gasteiger partial charge in [-0.3, -0.25) is 0 Å². The van der Waals surface area contributed by atoms with E-state index in [1.807, 2.05) is 0 Å². The number of hydrogen-bond acceptors (Lipinski definition) is 2. The zero-order valence-corrected chi connectivity index (χ0v) is 10.7. The van der Waals surface area contributed by atoms with Crippen molar-refractivity contribution in [3.63, 3.8) is 0 Å². The second kappa shape index (κ2) is 5.33. The average molecular weight is 244 g/mol. The van der Waals surface area contributed by atoms with Crippen molar-refractivity contribution in [2.24, 2.45) is 0 Å². The summed E-state index contributed by atoms with van der Waals surface area (Å²) < 4.78 is 0.912. The van der Waals surface area contributed by atoms with Gasteiger partial charge in [-0.15, -0.1) is 11.3 Å². The summed E-state index contributed by atoms with van der Waals surface area (Å²) in [6, 6.07) is 3.51. The molecule has 2 rings (SSSR count).